The Bertz CT molecular complexity index is 1350. The highest BCUT2D eigenvalue weighted by Crippen LogP contribution is 2.47. The van der Waals surface area contributed by atoms with Gasteiger partial charge in [0.2, 0.25) is 5.69 Å². The van der Waals surface area contributed by atoms with Gasteiger partial charge >= 0.3 is 0 Å². The summed E-state index contributed by atoms with van der Waals surface area (Å²) < 4.78 is 2.55. The minimum absolute atomic E-state index is 0.0705. The van der Waals surface area contributed by atoms with E-state index in [1.807, 2.05) is 0 Å². The van der Waals surface area contributed by atoms with Gasteiger partial charge in [0, 0.05) is 36.2 Å². The maximum atomic E-state index is 3.79. The molecule has 0 unspecified atom stereocenters. The van der Waals surface area contributed by atoms with E-state index in [1.54, 1.807) is 0 Å². The molecular formula is C31H35N2+. The summed E-state index contributed by atoms with van der Waals surface area (Å²) >= 11 is 0. The van der Waals surface area contributed by atoms with Crippen molar-refractivity contribution in [3.63, 3.8) is 0 Å². The van der Waals surface area contributed by atoms with Crippen molar-refractivity contribution >= 4 is 27.9 Å². The van der Waals surface area contributed by atoms with Crippen molar-refractivity contribution in [2.45, 2.75) is 58.3 Å². The molecule has 0 amide bonds. The van der Waals surface area contributed by atoms with Crippen LogP contribution in [0.3, 0.4) is 0 Å². The summed E-state index contributed by atoms with van der Waals surface area (Å²) in [7, 11) is 2.17. The van der Waals surface area contributed by atoms with Gasteiger partial charge < -0.3 is 4.90 Å². The number of hydrogen-bond donors (Lipinski definition) is 0. The molecule has 3 aromatic carbocycles. The summed E-state index contributed by atoms with van der Waals surface area (Å²) in [5.41, 5.74) is 11.7. The normalized spacial score (nSPS) is 17.9. The van der Waals surface area contributed by atoms with Crippen LogP contribution in [0, 0.1) is 0 Å². The van der Waals surface area contributed by atoms with E-state index in [9.17, 15) is 0 Å². The van der Waals surface area contributed by atoms with Crippen LogP contribution in [-0.2, 0) is 10.8 Å². The predicted octanol–water partition coefficient (Wildman–Crippen LogP) is 7.48. The molecule has 0 fully saturated rings. The molecule has 2 aliphatic rings. The highest BCUT2D eigenvalue weighted by molar-refractivity contribution is 6.07. The predicted molar refractivity (Wildman–Crippen MR) is 141 cm³/mol. The summed E-state index contributed by atoms with van der Waals surface area (Å²) in [5.74, 6) is 0. The Morgan fingerprint density at radius 2 is 1.64 bits per heavy atom. The third kappa shape index (κ3) is 3.20. The maximum Gasteiger partial charge on any atom is 0.210 e. The number of rotatable bonds is 4. The molecule has 0 saturated carbocycles. The molecule has 0 saturated heterocycles. The zero-order valence-electron chi connectivity index (χ0n) is 20.9. The largest absolute Gasteiger partial charge is 0.341 e. The Kier molecular flexibility index (Phi) is 5.10. The first-order chi connectivity index (χ1) is 15.8. The van der Waals surface area contributed by atoms with Gasteiger partial charge in [-0.15, -0.1) is 0 Å². The molecule has 0 N–H and O–H groups in total. The summed E-state index contributed by atoms with van der Waals surface area (Å²) in [5, 5.41) is 2.68. The van der Waals surface area contributed by atoms with E-state index in [4.69, 9.17) is 0 Å². The molecule has 5 rings (SSSR count). The van der Waals surface area contributed by atoms with Crippen LogP contribution >= 0.6 is 0 Å². The SMILES string of the molecule is CCCC[N+]1=C(C=C=C2N(C)c3ccccc3C2(C)C)C(C)(C)c2c1ccc1ccccc21. The van der Waals surface area contributed by atoms with Gasteiger partial charge in [0.15, 0.2) is 5.71 Å². The number of hydrogen-bond acceptors (Lipinski definition) is 1. The number of para-hydroxylation sites is 1. The second-order valence-electron chi connectivity index (χ2n) is 10.5. The molecule has 2 nitrogen and oxygen atoms in total. The fraction of sp³-hybridized carbons (Fsp3) is 0.355. The average Bonchev–Trinajstić information content (AvgIpc) is 3.14. The van der Waals surface area contributed by atoms with Crippen molar-refractivity contribution in [3.8, 4) is 0 Å². The summed E-state index contributed by atoms with van der Waals surface area (Å²) in [6.45, 7) is 12.7. The molecule has 33 heavy (non-hydrogen) atoms. The first-order valence-electron chi connectivity index (χ1n) is 12.3. The van der Waals surface area contributed by atoms with Crippen molar-refractivity contribution in [2.75, 3.05) is 18.5 Å². The van der Waals surface area contributed by atoms with E-state index in [0.29, 0.717) is 0 Å². The molecule has 0 bridgehead atoms. The zero-order valence-corrected chi connectivity index (χ0v) is 20.9. The minimum atomic E-state index is -0.0916. The molecule has 0 aliphatic carbocycles. The van der Waals surface area contributed by atoms with Gasteiger partial charge in [-0.2, -0.15) is 4.58 Å². The van der Waals surface area contributed by atoms with E-state index in [-0.39, 0.29) is 10.8 Å². The Morgan fingerprint density at radius 3 is 2.39 bits per heavy atom. The van der Waals surface area contributed by atoms with E-state index >= 15 is 0 Å². The van der Waals surface area contributed by atoms with Crippen LogP contribution in [0.25, 0.3) is 10.8 Å². The van der Waals surface area contributed by atoms with Crippen LogP contribution in [0.5, 0.6) is 0 Å². The van der Waals surface area contributed by atoms with Crippen LogP contribution in [-0.4, -0.2) is 23.9 Å². The van der Waals surface area contributed by atoms with Crippen LogP contribution < -0.4 is 4.90 Å². The monoisotopic (exact) mass is 435 g/mol. The van der Waals surface area contributed by atoms with Crippen molar-refractivity contribution in [1.29, 1.82) is 0 Å². The number of benzene rings is 3. The summed E-state index contributed by atoms with van der Waals surface area (Å²) in [6.07, 6.45) is 4.64. The fourth-order valence-corrected chi connectivity index (χ4v) is 5.93. The molecule has 0 atom stereocenters. The molecular weight excluding hydrogens is 400 g/mol. The van der Waals surface area contributed by atoms with Gasteiger partial charge in [-0.1, -0.05) is 61.5 Å². The second kappa shape index (κ2) is 7.75. The summed E-state index contributed by atoms with van der Waals surface area (Å²) in [6, 6.07) is 22.1. The van der Waals surface area contributed by atoms with Crippen LogP contribution in [0.2, 0.25) is 0 Å². The summed E-state index contributed by atoms with van der Waals surface area (Å²) in [4.78, 5) is 2.31. The number of anilines is 1. The lowest BCUT2D eigenvalue weighted by Crippen LogP contribution is -2.28. The van der Waals surface area contributed by atoms with Gasteiger partial charge in [-0.25, -0.2) is 0 Å². The van der Waals surface area contributed by atoms with E-state index in [2.05, 4.69) is 124 Å². The van der Waals surface area contributed by atoms with E-state index < -0.39 is 0 Å². The number of allylic oxidation sites excluding steroid dienone is 1. The topological polar surface area (TPSA) is 6.25 Å². The van der Waals surface area contributed by atoms with Gasteiger partial charge in [0.05, 0.1) is 17.2 Å². The number of fused-ring (bicyclic) bond motifs is 4. The third-order valence-electron chi connectivity index (χ3n) is 7.70. The standard InChI is InChI=1S/C31H35N2/c1-7-8-21-33-26-18-17-22-13-9-10-14-23(22)29(26)31(4,5)28(33)20-19-27-30(2,3)24-15-11-12-16-25(24)32(27)6/h9-18,20H,7-8,21H2,1-6H3/q+1. The van der Waals surface area contributed by atoms with Crippen molar-refractivity contribution in [1.82, 2.24) is 0 Å². The van der Waals surface area contributed by atoms with Gasteiger partial charge in [-0.3, -0.25) is 0 Å². The maximum absolute atomic E-state index is 3.79. The van der Waals surface area contributed by atoms with Crippen molar-refractivity contribution in [2.24, 2.45) is 0 Å². The number of unbranched alkanes of at least 4 members (excludes halogenated alkanes) is 1. The molecule has 2 aliphatic heterocycles. The first kappa shape index (κ1) is 21.7. The molecule has 0 aromatic heterocycles. The van der Waals surface area contributed by atoms with Crippen molar-refractivity contribution in [3.05, 3.63) is 89.3 Å². The second-order valence-corrected chi connectivity index (χ2v) is 10.5. The van der Waals surface area contributed by atoms with Crippen LogP contribution in [0.1, 0.15) is 58.6 Å². The molecule has 3 aromatic rings. The Labute approximate surface area is 198 Å². The lowest BCUT2D eigenvalue weighted by atomic mass is 9.79. The smallest absolute Gasteiger partial charge is 0.210 e. The Hall–Kier alpha value is -3.09. The van der Waals surface area contributed by atoms with E-state index in [1.165, 1.54) is 57.5 Å². The molecule has 2 heterocycles. The Morgan fingerprint density at radius 1 is 0.909 bits per heavy atom. The van der Waals surface area contributed by atoms with Crippen molar-refractivity contribution < 1.29 is 4.58 Å². The number of likely N-dealkylation sites (N-methyl/N-ethyl adjacent to an activating group) is 1. The van der Waals surface area contributed by atoms with Gasteiger partial charge in [0.1, 0.15) is 6.54 Å². The lowest BCUT2D eigenvalue weighted by Gasteiger charge is -2.22. The highest BCUT2D eigenvalue weighted by Gasteiger charge is 2.46. The van der Waals surface area contributed by atoms with E-state index in [0.717, 1.165) is 6.54 Å². The molecule has 0 spiro atoms. The number of nitrogens with zero attached hydrogens (tertiary/aromatic N) is 2. The van der Waals surface area contributed by atoms with Gasteiger partial charge in [0.25, 0.3) is 0 Å². The minimum Gasteiger partial charge on any atom is -0.341 e. The van der Waals surface area contributed by atoms with Crippen LogP contribution in [0.4, 0.5) is 11.4 Å². The van der Waals surface area contributed by atoms with Gasteiger partial charge in [-0.05, 0) is 56.2 Å². The Balaban J connectivity index is 1.71. The first-order valence-corrected chi connectivity index (χ1v) is 12.3. The molecule has 0 radical (unpaired) electrons. The third-order valence-corrected chi connectivity index (χ3v) is 7.70. The highest BCUT2D eigenvalue weighted by atomic mass is 15.2. The lowest BCUT2D eigenvalue weighted by molar-refractivity contribution is -0.438. The average molecular weight is 436 g/mol. The van der Waals surface area contributed by atoms with Crippen LogP contribution in [0.15, 0.2) is 78.2 Å². The molecule has 168 valence electrons. The fourth-order valence-electron chi connectivity index (χ4n) is 5.93. The zero-order chi connectivity index (χ0) is 23.4. The molecule has 2 heteroatoms. The quantitative estimate of drug-likeness (QED) is 0.304.